The number of benzene rings is 1. The van der Waals surface area contributed by atoms with Crippen LogP contribution in [0, 0.1) is 6.92 Å². The van der Waals surface area contributed by atoms with E-state index in [4.69, 9.17) is 0 Å². The molecule has 0 bridgehead atoms. The van der Waals surface area contributed by atoms with Crippen molar-refractivity contribution in [1.29, 1.82) is 0 Å². The van der Waals surface area contributed by atoms with Gasteiger partial charge in [-0.15, -0.1) is 12.4 Å². The Balaban J connectivity index is 0.00000242. The van der Waals surface area contributed by atoms with E-state index >= 15 is 0 Å². The summed E-state index contributed by atoms with van der Waals surface area (Å²) in [6.07, 6.45) is -0.128. The smallest absolute Gasteiger partial charge is 0.243 e. The van der Waals surface area contributed by atoms with Crippen molar-refractivity contribution in [2.45, 2.75) is 25.5 Å². The van der Waals surface area contributed by atoms with Crippen LogP contribution in [0.1, 0.15) is 12.0 Å². The molecule has 4 N–H and O–H groups in total. The lowest BCUT2D eigenvalue weighted by Gasteiger charge is -2.12. The maximum atomic E-state index is 11.8. The van der Waals surface area contributed by atoms with Gasteiger partial charge in [0.15, 0.2) is 0 Å². The number of β-amino-alcohol motifs (C(OH)–C–C–N with tert-alkyl or cyclic N) is 1. The predicted molar refractivity (Wildman–Crippen MR) is 90.2 cm³/mol. The number of halogens is 2. The second-order valence-electron chi connectivity index (χ2n) is 5.08. The molecule has 8 heteroatoms. The Hall–Kier alpha value is -1.15. The van der Waals surface area contributed by atoms with E-state index in [2.05, 4.69) is 31.9 Å². The number of hydrogen-bond acceptors (Lipinski definition) is 4. The molecule has 0 radical (unpaired) electrons. The van der Waals surface area contributed by atoms with Crippen molar-refractivity contribution in [3.05, 3.63) is 28.2 Å². The summed E-state index contributed by atoms with van der Waals surface area (Å²) in [6.45, 7) is 2.20. The molecule has 1 aliphatic rings. The molecule has 1 aliphatic heterocycles. The van der Waals surface area contributed by atoms with Crippen LogP contribution in [-0.4, -0.2) is 42.2 Å². The van der Waals surface area contributed by atoms with Gasteiger partial charge in [-0.2, -0.15) is 0 Å². The minimum Gasteiger partial charge on any atom is -0.392 e. The number of carbonyl (C=O) groups is 2. The molecule has 2 atom stereocenters. The van der Waals surface area contributed by atoms with Crippen LogP contribution in [-0.2, 0) is 9.59 Å². The zero-order chi connectivity index (χ0) is 15.4. The average Bonchev–Trinajstić information content (AvgIpc) is 2.87. The Kier molecular flexibility index (Phi) is 7.28. The first kappa shape index (κ1) is 18.9. The maximum absolute atomic E-state index is 11.8. The van der Waals surface area contributed by atoms with Gasteiger partial charge in [0.1, 0.15) is 0 Å². The number of anilines is 1. The number of aliphatic hydroxyl groups is 1. The maximum Gasteiger partial charge on any atom is 0.243 e. The molecule has 1 fully saturated rings. The number of hydrogen-bond donors (Lipinski definition) is 4. The van der Waals surface area contributed by atoms with Gasteiger partial charge in [0.25, 0.3) is 0 Å². The van der Waals surface area contributed by atoms with Crippen LogP contribution in [0.4, 0.5) is 5.69 Å². The molecule has 122 valence electrons. The Bertz CT molecular complexity index is 556. The Labute approximate surface area is 143 Å². The molecule has 22 heavy (non-hydrogen) atoms. The molecular weight excluding hydrogens is 374 g/mol. The quantitative estimate of drug-likeness (QED) is 0.614. The lowest BCUT2D eigenvalue weighted by Crippen LogP contribution is -2.43. The molecule has 0 saturated carbocycles. The summed E-state index contributed by atoms with van der Waals surface area (Å²) < 4.78 is 0.872. The fourth-order valence-corrected chi connectivity index (χ4v) is 2.49. The SMILES string of the molecule is Cc1ccc(Br)cc1NC(=O)CNC(=O)C1CC(O)CN1.Cl. The highest BCUT2D eigenvalue weighted by Crippen LogP contribution is 2.20. The van der Waals surface area contributed by atoms with Gasteiger partial charge in [0.05, 0.1) is 18.7 Å². The fourth-order valence-electron chi connectivity index (χ4n) is 2.13. The zero-order valence-corrected chi connectivity index (χ0v) is 14.5. The summed E-state index contributed by atoms with van der Waals surface area (Å²) in [4.78, 5) is 23.6. The topological polar surface area (TPSA) is 90.5 Å². The summed E-state index contributed by atoms with van der Waals surface area (Å²) in [6, 6.07) is 5.16. The van der Waals surface area contributed by atoms with Gasteiger partial charge in [-0.05, 0) is 31.0 Å². The van der Waals surface area contributed by atoms with Crippen LogP contribution < -0.4 is 16.0 Å². The molecule has 2 amide bonds. The number of carbonyl (C=O) groups excluding carboxylic acids is 2. The van der Waals surface area contributed by atoms with Crippen LogP contribution in [0.25, 0.3) is 0 Å². The van der Waals surface area contributed by atoms with E-state index in [1.165, 1.54) is 0 Å². The fraction of sp³-hybridized carbons (Fsp3) is 0.429. The van der Waals surface area contributed by atoms with E-state index in [0.29, 0.717) is 18.7 Å². The monoisotopic (exact) mass is 391 g/mol. The Morgan fingerprint density at radius 3 is 2.82 bits per heavy atom. The molecular formula is C14H19BrClN3O3. The van der Waals surface area contributed by atoms with Crippen molar-refractivity contribution in [2.75, 3.05) is 18.4 Å². The summed E-state index contributed by atoms with van der Waals surface area (Å²) in [5.74, 6) is -0.559. The van der Waals surface area contributed by atoms with Gasteiger partial charge < -0.3 is 21.1 Å². The van der Waals surface area contributed by atoms with Crippen LogP contribution in [0.15, 0.2) is 22.7 Å². The summed E-state index contributed by atoms with van der Waals surface area (Å²) in [5, 5.41) is 17.6. The first-order valence-corrected chi connectivity index (χ1v) is 7.50. The number of aliphatic hydroxyl groups excluding tert-OH is 1. The minimum absolute atomic E-state index is 0. The van der Waals surface area contributed by atoms with Crippen LogP contribution in [0.2, 0.25) is 0 Å². The molecule has 2 unspecified atom stereocenters. The van der Waals surface area contributed by atoms with E-state index < -0.39 is 12.1 Å². The first-order chi connectivity index (χ1) is 9.95. The summed E-state index contributed by atoms with van der Waals surface area (Å²) in [7, 11) is 0. The summed E-state index contributed by atoms with van der Waals surface area (Å²) >= 11 is 3.35. The summed E-state index contributed by atoms with van der Waals surface area (Å²) in [5.41, 5.74) is 1.65. The van der Waals surface area contributed by atoms with E-state index in [1.807, 2.05) is 25.1 Å². The van der Waals surface area contributed by atoms with E-state index in [9.17, 15) is 14.7 Å². The van der Waals surface area contributed by atoms with E-state index in [0.717, 1.165) is 10.0 Å². The van der Waals surface area contributed by atoms with Crippen LogP contribution in [0.5, 0.6) is 0 Å². The average molecular weight is 393 g/mol. The number of rotatable bonds is 4. The molecule has 0 spiro atoms. The Morgan fingerprint density at radius 1 is 1.45 bits per heavy atom. The van der Waals surface area contributed by atoms with Crippen LogP contribution >= 0.6 is 28.3 Å². The highest BCUT2D eigenvalue weighted by molar-refractivity contribution is 9.10. The van der Waals surface area contributed by atoms with Crippen molar-refractivity contribution in [2.24, 2.45) is 0 Å². The minimum atomic E-state index is -0.501. The van der Waals surface area contributed by atoms with Crippen molar-refractivity contribution in [3.63, 3.8) is 0 Å². The molecule has 6 nitrogen and oxygen atoms in total. The van der Waals surface area contributed by atoms with Crippen LogP contribution in [0.3, 0.4) is 0 Å². The zero-order valence-electron chi connectivity index (χ0n) is 12.1. The lowest BCUT2D eigenvalue weighted by atomic mass is 10.2. The van der Waals surface area contributed by atoms with Gasteiger partial charge in [0.2, 0.25) is 11.8 Å². The molecule has 1 saturated heterocycles. The molecule has 1 aromatic carbocycles. The largest absolute Gasteiger partial charge is 0.392 e. The van der Waals surface area contributed by atoms with Gasteiger partial charge in [0, 0.05) is 16.7 Å². The number of aryl methyl sites for hydroxylation is 1. The third-order valence-corrected chi connectivity index (χ3v) is 3.81. The van der Waals surface area contributed by atoms with Gasteiger partial charge in [-0.1, -0.05) is 22.0 Å². The first-order valence-electron chi connectivity index (χ1n) is 6.71. The second-order valence-corrected chi connectivity index (χ2v) is 5.99. The second kappa shape index (κ2) is 8.47. The van der Waals surface area contributed by atoms with Gasteiger partial charge in [-0.3, -0.25) is 9.59 Å². The number of nitrogens with one attached hydrogen (secondary N) is 3. The molecule has 0 aliphatic carbocycles. The predicted octanol–water partition coefficient (Wildman–Crippen LogP) is 0.957. The highest BCUT2D eigenvalue weighted by Gasteiger charge is 2.27. The number of amides is 2. The van der Waals surface area contributed by atoms with E-state index in [-0.39, 0.29) is 30.8 Å². The normalized spacial score (nSPS) is 20.1. The van der Waals surface area contributed by atoms with Gasteiger partial charge in [-0.25, -0.2) is 0 Å². The standard InChI is InChI=1S/C14H18BrN3O3.ClH/c1-8-2-3-9(15)4-11(8)18-13(20)7-17-14(21)12-5-10(19)6-16-12;/h2-4,10,12,16,19H,5-7H2,1H3,(H,17,21)(H,18,20);1H. The Morgan fingerprint density at radius 2 is 2.18 bits per heavy atom. The lowest BCUT2D eigenvalue weighted by molar-refractivity contribution is -0.125. The van der Waals surface area contributed by atoms with Crippen molar-refractivity contribution >= 4 is 45.8 Å². The van der Waals surface area contributed by atoms with Gasteiger partial charge >= 0.3 is 0 Å². The van der Waals surface area contributed by atoms with Crippen molar-refractivity contribution in [1.82, 2.24) is 10.6 Å². The molecule has 0 aromatic heterocycles. The third-order valence-electron chi connectivity index (χ3n) is 3.32. The third kappa shape index (κ3) is 5.24. The van der Waals surface area contributed by atoms with Crippen molar-refractivity contribution < 1.29 is 14.7 Å². The molecule has 1 heterocycles. The highest BCUT2D eigenvalue weighted by atomic mass is 79.9. The molecule has 2 rings (SSSR count). The van der Waals surface area contributed by atoms with E-state index in [1.54, 1.807) is 0 Å². The van der Waals surface area contributed by atoms with Crippen molar-refractivity contribution in [3.8, 4) is 0 Å². The molecule has 1 aromatic rings.